The van der Waals surface area contributed by atoms with E-state index in [-0.39, 0.29) is 24.1 Å². The molecule has 0 saturated heterocycles. The lowest BCUT2D eigenvalue weighted by atomic mass is 10.2. The average Bonchev–Trinajstić information content (AvgIpc) is 2.34. The Morgan fingerprint density at radius 1 is 1.42 bits per heavy atom. The molecule has 0 unspecified atom stereocenters. The Hall–Kier alpha value is -2.08. The van der Waals surface area contributed by atoms with Crippen molar-refractivity contribution in [1.29, 1.82) is 0 Å². The van der Waals surface area contributed by atoms with Crippen molar-refractivity contribution in [2.75, 3.05) is 6.61 Å². The molecule has 0 radical (unpaired) electrons. The van der Waals surface area contributed by atoms with Crippen LogP contribution < -0.4 is 11.4 Å². The third-order valence-corrected chi connectivity index (χ3v) is 2.70. The fourth-order valence-electron chi connectivity index (χ4n) is 1.67. The minimum Gasteiger partial charge on any atom is -0.465 e. The fourth-order valence-corrected chi connectivity index (χ4v) is 1.84. The van der Waals surface area contributed by atoms with Crippen molar-refractivity contribution in [2.45, 2.75) is 13.5 Å². The van der Waals surface area contributed by atoms with Crippen molar-refractivity contribution in [3.63, 3.8) is 0 Å². The topological polar surface area (TPSA) is 78.5 Å². The number of hydrogen-bond donors (Lipinski definition) is 0. The average molecular weight is 284 g/mol. The Bertz CT molecular complexity index is 746. The van der Waals surface area contributed by atoms with Crippen LogP contribution in [-0.2, 0) is 16.1 Å². The number of carbonyl (C=O) groups is 1. The lowest BCUT2D eigenvalue weighted by molar-refractivity contribution is -0.143. The SMILES string of the molecule is CCOC(=O)Cn1c(=O)oc(=O)c2ccc(Cl)cc21. The first kappa shape index (κ1) is 13.4. The molecule has 0 N–H and O–H groups in total. The summed E-state index contributed by atoms with van der Waals surface area (Å²) in [6.07, 6.45) is 0. The smallest absolute Gasteiger partial charge is 0.422 e. The predicted octanol–water partition coefficient (Wildman–Crippen LogP) is 1.17. The van der Waals surface area contributed by atoms with Crippen molar-refractivity contribution < 1.29 is 13.9 Å². The molecular formula is C12H10ClNO5. The van der Waals surface area contributed by atoms with E-state index in [2.05, 4.69) is 4.42 Å². The molecule has 2 aromatic rings. The van der Waals surface area contributed by atoms with Crippen molar-refractivity contribution in [3.05, 3.63) is 44.2 Å². The number of nitrogens with zero attached hydrogens (tertiary/aromatic N) is 1. The third-order valence-electron chi connectivity index (χ3n) is 2.46. The molecule has 0 spiro atoms. The van der Waals surface area contributed by atoms with Gasteiger partial charge in [0.2, 0.25) is 0 Å². The Labute approximate surface area is 112 Å². The first-order chi connectivity index (χ1) is 9.02. The van der Waals surface area contributed by atoms with E-state index in [4.69, 9.17) is 16.3 Å². The second-order valence-electron chi connectivity index (χ2n) is 3.71. The highest BCUT2D eigenvalue weighted by atomic mass is 35.5. The van der Waals surface area contributed by atoms with Gasteiger partial charge in [-0.3, -0.25) is 9.36 Å². The number of rotatable bonds is 3. The molecule has 0 atom stereocenters. The molecule has 6 nitrogen and oxygen atoms in total. The largest absolute Gasteiger partial charge is 0.465 e. The first-order valence-corrected chi connectivity index (χ1v) is 5.89. The summed E-state index contributed by atoms with van der Waals surface area (Å²) >= 11 is 5.83. The highest BCUT2D eigenvalue weighted by Crippen LogP contribution is 2.15. The van der Waals surface area contributed by atoms with Gasteiger partial charge in [-0.25, -0.2) is 9.59 Å². The maximum Gasteiger partial charge on any atom is 0.422 e. The highest BCUT2D eigenvalue weighted by molar-refractivity contribution is 6.31. The van der Waals surface area contributed by atoms with Crippen LogP contribution in [0.15, 0.2) is 32.2 Å². The molecule has 0 bridgehead atoms. The molecule has 2 rings (SSSR count). The van der Waals surface area contributed by atoms with Gasteiger partial charge in [0.15, 0.2) is 0 Å². The van der Waals surface area contributed by atoms with Crippen LogP contribution in [0.5, 0.6) is 0 Å². The molecule has 0 amide bonds. The van der Waals surface area contributed by atoms with Gasteiger partial charge in [0.05, 0.1) is 17.5 Å². The maximum atomic E-state index is 11.7. The standard InChI is InChI=1S/C12H10ClNO5/c1-2-18-10(15)6-14-9-5-7(13)3-4-8(9)11(16)19-12(14)17/h3-5H,2,6H2,1H3. The van der Waals surface area contributed by atoms with Crippen LogP contribution >= 0.6 is 11.6 Å². The summed E-state index contributed by atoms with van der Waals surface area (Å²) in [5.74, 6) is -1.52. The molecule has 100 valence electrons. The predicted molar refractivity (Wildman–Crippen MR) is 68.4 cm³/mol. The van der Waals surface area contributed by atoms with Crippen LogP contribution in [-0.4, -0.2) is 17.1 Å². The normalized spacial score (nSPS) is 10.6. The minimum absolute atomic E-state index is 0.174. The number of esters is 1. The van der Waals surface area contributed by atoms with Gasteiger partial charge in [-0.1, -0.05) is 11.6 Å². The zero-order chi connectivity index (χ0) is 14.0. The molecule has 0 aliphatic carbocycles. The molecule has 1 aromatic carbocycles. The van der Waals surface area contributed by atoms with E-state index in [1.807, 2.05) is 0 Å². The summed E-state index contributed by atoms with van der Waals surface area (Å²) in [6, 6.07) is 4.36. The van der Waals surface area contributed by atoms with Crippen LogP contribution in [0.2, 0.25) is 5.02 Å². The minimum atomic E-state index is -0.923. The Balaban J connectivity index is 2.65. The fraction of sp³-hybridized carbons (Fsp3) is 0.250. The van der Waals surface area contributed by atoms with E-state index < -0.39 is 17.4 Å². The monoisotopic (exact) mass is 283 g/mol. The van der Waals surface area contributed by atoms with E-state index in [0.717, 1.165) is 4.57 Å². The van der Waals surface area contributed by atoms with E-state index in [9.17, 15) is 14.4 Å². The van der Waals surface area contributed by atoms with Gasteiger partial charge in [0.1, 0.15) is 6.54 Å². The van der Waals surface area contributed by atoms with Crippen LogP contribution in [0, 0.1) is 0 Å². The van der Waals surface area contributed by atoms with Crippen LogP contribution in [0.25, 0.3) is 10.9 Å². The van der Waals surface area contributed by atoms with E-state index in [1.54, 1.807) is 6.92 Å². The molecule has 19 heavy (non-hydrogen) atoms. The summed E-state index contributed by atoms with van der Waals surface area (Å²) in [5.41, 5.74) is -0.529. The van der Waals surface area contributed by atoms with Crippen LogP contribution in [0.3, 0.4) is 0 Å². The molecule has 0 aliphatic heterocycles. The van der Waals surface area contributed by atoms with Crippen LogP contribution in [0.1, 0.15) is 6.92 Å². The van der Waals surface area contributed by atoms with E-state index in [1.165, 1.54) is 18.2 Å². The van der Waals surface area contributed by atoms with Crippen molar-refractivity contribution in [3.8, 4) is 0 Å². The number of halogens is 1. The third kappa shape index (κ3) is 2.68. The number of benzene rings is 1. The van der Waals surface area contributed by atoms with E-state index in [0.29, 0.717) is 5.02 Å². The quantitative estimate of drug-likeness (QED) is 0.790. The Morgan fingerprint density at radius 3 is 2.84 bits per heavy atom. The van der Waals surface area contributed by atoms with Gasteiger partial charge in [-0.05, 0) is 25.1 Å². The molecule has 0 aliphatic rings. The molecular weight excluding hydrogens is 274 g/mol. The zero-order valence-electron chi connectivity index (χ0n) is 10.0. The van der Waals surface area contributed by atoms with Gasteiger partial charge >= 0.3 is 17.4 Å². The summed E-state index contributed by atoms with van der Waals surface area (Å²) in [5, 5.41) is 0.517. The summed E-state index contributed by atoms with van der Waals surface area (Å²) in [4.78, 5) is 34.6. The zero-order valence-corrected chi connectivity index (χ0v) is 10.8. The van der Waals surface area contributed by atoms with Crippen LogP contribution in [0.4, 0.5) is 0 Å². The molecule has 7 heteroatoms. The Morgan fingerprint density at radius 2 is 2.16 bits per heavy atom. The molecule has 1 heterocycles. The van der Waals surface area contributed by atoms with Gasteiger partial charge in [-0.15, -0.1) is 0 Å². The number of hydrogen-bond acceptors (Lipinski definition) is 5. The number of aromatic nitrogens is 1. The number of fused-ring (bicyclic) bond motifs is 1. The van der Waals surface area contributed by atoms with Gasteiger partial charge in [-0.2, -0.15) is 0 Å². The summed E-state index contributed by atoms with van der Waals surface area (Å²) in [7, 11) is 0. The Kier molecular flexibility index (Phi) is 3.71. The molecule has 0 fully saturated rings. The van der Waals surface area contributed by atoms with Gasteiger partial charge in [0, 0.05) is 5.02 Å². The van der Waals surface area contributed by atoms with Crippen molar-refractivity contribution in [2.24, 2.45) is 0 Å². The second kappa shape index (κ2) is 5.27. The number of ether oxygens (including phenoxy) is 1. The second-order valence-corrected chi connectivity index (χ2v) is 4.14. The van der Waals surface area contributed by atoms with Crippen molar-refractivity contribution in [1.82, 2.24) is 4.57 Å². The molecule has 1 aromatic heterocycles. The number of carbonyl (C=O) groups excluding carboxylic acids is 1. The maximum absolute atomic E-state index is 11.7. The van der Waals surface area contributed by atoms with E-state index >= 15 is 0 Å². The lowest BCUT2D eigenvalue weighted by Crippen LogP contribution is -2.28. The van der Waals surface area contributed by atoms with Gasteiger partial charge < -0.3 is 9.15 Å². The lowest BCUT2D eigenvalue weighted by Gasteiger charge is -2.07. The summed E-state index contributed by atoms with van der Waals surface area (Å²) in [6.45, 7) is 1.51. The van der Waals surface area contributed by atoms with Crippen molar-refractivity contribution >= 4 is 28.5 Å². The first-order valence-electron chi connectivity index (χ1n) is 5.51. The van der Waals surface area contributed by atoms with Gasteiger partial charge in [0.25, 0.3) is 0 Å². The highest BCUT2D eigenvalue weighted by Gasteiger charge is 2.13. The molecule has 0 saturated carbocycles. The summed E-state index contributed by atoms with van der Waals surface area (Å²) < 4.78 is 10.3.